The van der Waals surface area contributed by atoms with E-state index in [0.29, 0.717) is 12.4 Å². The highest BCUT2D eigenvalue weighted by molar-refractivity contribution is 5.92. The van der Waals surface area contributed by atoms with Crippen molar-refractivity contribution >= 4 is 0 Å². The molecule has 5 rings (SSSR count). The van der Waals surface area contributed by atoms with Crippen molar-refractivity contribution < 1.29 is 0 Å². The molecule has 144 valence electrons. The van der Waals surface area contributed by atoms with Crippen molar-refractivity contribution in [1.29, 1.82) is 0 Å². The summed E-state index contributed by atoms with van der Waals surface area (Å²) in [5, 5.41) is 13.5. The van der Waals surface area contributed by atoms with Crippen molar-refractivity contribution in [3.63, 3.8) is 0 Å². The van der Waals surface area contributed by atoms with Gasteiger partial charge >= 0.3 is 0 Å². The van der Waals surface area contributed by atoms with Crippen molar-refractivity contribution in [3.05, 3.63) is 115 Å². The molecule has 0 spiro atoms. The Balaban J connectivity index is 1.65. The van der Waals surface area contributed by atoms with Gasteiger partial charge in [0.25, 0.3) is 0 Å². The minimum Gasteiger partial charge on any atom is -0.159 e. The molecule has 4 heteroatoms. The van der Waals surface area contributed by atoms with Crippen LogP contribution in [0.3, 0.4) is 0 Å². The Hall–Kier alpha value is -4.05. The number of hydrogen-bond acceptors (Lipinski definition) is 3. The lowest BCUT2D eigenvalue weighted by Gasteiger charge is -2.13. The lowest BCUT2D eigenvalue weighted by Crippen LogP contribution is -2.03. The lowest BCUT2D eigenvalue weighted by molar-refractivity contribution is 0.573. The third-order valence-electron chi connectivity index (χ3n) is 5.08. The Labute approximate surface area is 175 Å². The average Bonchev–Trinajstić information content (AvgIpc) is 3.28. The van der Waals surface area contributed by atoms with Crippen molar-refractivity contribution in [2.75, 3.05) is 0 Å². The molecular weight excluding hydrogens is 368 g/mol. The molecule has 0 amide bonds. The van der Waals surface area contributed by atoms with E-state index in [2.05, 4.69) is 64.9 Å². The van der Waals surface area contributed by atoms with Crippen LogP contribution >= 0.6 is 0 Å². The minimum atomic E-state index is 0.585. The third-order valence-corrected chi connectivity index (χ3v) is 5.08. The molecule has 0 unspecified atom stereocenters. The topological polar surface area (TPSA) is 43.6 Å². The zero-order valence-electron chi connectivity index (χ0n) is 16.4. The molecule has 0 saturated carbocycles. The smallest absolute Gasteiger partial charge is 0.159 e. The molecule has 0 bridgehead atoms. The third kappa shape index (κ3) is 3.63. The number of hydrogen-bond donors (Lipinski definition) is 0. The van der Waals surface area contributed by atoms with Crippen LogP contribution in [-0.2, 0) is 6.54 Å². The second-order valence-electron chi connectivity index (χ2n) is 7.09. The first kappa shape index (κ1) is 18.0. The molecule has 0 radical (unpaired) electrons. The summed E-state index contributed by atoms with van der Waals surface area (Å²) in [5.74, 6) is 0.629. The highest BCUT2D eigenvalue weighted by Crippen LogP contribution is 2.38. The maximum atomic E-state index is 4.74. The summed E-state index contributed by atoms with van der Waals surface area (Å²) < 4.78 is 0. The van der Waals surface area contributed by atoms with Gasteiger partial charge in [-0.25, -0.2) is 0 Å². The van der Waals surface area contributed by atoms with Crippen LogP contribution in [0.25, 0.3) is 33.6 Å². The quantitative estimate of drug-likeness (QED) is 0.387. The maximum absolute atomic E-state index is 4.74. The van der Waals surface area contributed by atoms with Crippen LogP contribution < -0.4 is 0 Å². The maximum Gasteiger partial charge on any atom is 0.206 e. The van der Waals surface area contributed by atoms with E-state index < -0.39 is 0 Å². The van der Waals surface area contributed by atoms with Crippen LogP contribution in [0, 0.1) is 0 Å². The van der Waals surface area contributed by atoms with Gasteiger partial charge in [0.15, 0.2) is 0 Å². The molecule has 5 aromatic rings. The van der Waals surface area contributed by atoms with Gasteiger partial charge in [-0.2, -0.15) is 4.80 Å². The predicted octanol–water partition coefficient (Wildman–Crippen LogP) is 5.72. The van der Waals surface area contributed by atoms with Crippen molar-refractivity contribution in [3.8, 4) is 33.6 Å². The van der Waals surface area contributed by atoms with E-state index in [1.54, 1.807) is 4.80 Å². The Morgan fingerprint density at radius 1 is 0.567 bits per heavy atom. The molecule has 0 saturated heterocycles. The fraction of sp³-hybridized carbons (Fsp3) is 0.0385. The average molecular weight is 388 g/mol. The Morgan fingerprint density at radius 2 is 1.10 bits per heavy atom. The summed E-state index contributed by atoms with van der Waals surface area (Å²) in [7, 11) is 0. The number of aromatic nitrogens is 4. The van der Waals surface area contributed by atoms with E-state index in [4.69, 9.17) is 5.10 Å². The van der Waals surface area contributed by atoms with Gasteiger partial charge in [0.1, 0.15) is 0 Å². The van der Waals surface area contributed by atoms with Crippen LogP contribution in [0.4, 0.5) is 0 Å². The van der Waals surface area contributed by atoms with Gasteiger partial charge in [-0.15, -0.1) is 10.2 Å². The van der Waals surface area contributed by atoms with E-state index >= 15 is 0 Å². The van der Waals surface area contributed by atoms with Gasteiger partial charge in [0.2, 0.25) is 5.82 Å². The van der Waals surface area contributed by atoms with Gasteiger partial charge in [0.05, 0.1) is 6.54 Å². The molecule has 4 aromatic carbocycles. The molecule has 4 nitrogen and oxygen atoms in total. The van der Waals surface area contributed by atoms with Crippen LogP contribution in [0.15, 0.2) is 109 Å². The largest absolute Gasteiger partial charge is 0.206 e. The predicted molar refractivity (Wildman–Crippen MR) is 120 cm³/mol. The molecule has 30 heavy (non-hydrogen) atoms. The fourth-order valence-corrected chi connectivity index (χ4v) is 3.67. The molecular formula is C26H20N4. The first-order valence-electron chi connectivity index (χ1n) is 9.94. The molecule has 1 heterocycles. The normalized spacial score (nSPS) is 10.8. The van der Waals surface area contributed by atoms with Crippen LogP contribution in [-0.4, -0.2) is 20.2 Å². The second kappa shape index (κ2) is 8.13. The molecule has 0 aliphatic rings. The zero-order valence-corrected chi connectivity index (χ0v) is 16.4. The number of nitrogens with zero attached hydrogens (tertiary/aromatic N) is 4. The fourth-order valence-electron chi connectivity index (χ4n) is 3.67. The van der Waals surface area contributed by atoms with Gasteiger partial charge < -0.3 is 0 Å². The van der Waals surface area contributed by atoms with E-state index in [9.17, 15) is 0 Å². The number of rotatable bonds is 5. The first-order valence-corrected chi connectivity index (χ1v) is 9.94. The Bertz CT molecular complexity index is 1190. The van der Waals surface area contributed by atoms with Crippen LogP contribution in [0.2, 0.25) is 0 Å². The van der Waals surface area contributed by atoms with Gasteiger partial charge in [-0.3, -0.25) is 0 Å². The Kier molecular flexibility index (Phi) is 4.88. The first-order chi connectivity index (χ1) is 14.9. The SMILES string of the molecule is c1ccc(Cn2nnc(-c3c(-c4ccccc4)cccc3-c3ccccc3)n2)cc1. The summed E-state index contributed by atoms with van der Waals surface area (Å²) in [4.78, 5) is 1.65. The molecule has 1 aromatic heterocycles. The van der Waals surface area contributed by atoms with Gasteiger partial charge in [-0.05, 0) is 33.0 Å². The summed E-state index contributed by atoms with van der Waals surface area (Å²) in [6, 6.07) is 37.2. The van der Waals surface area contributed by atoms with E-state index in [0.717, 1.165) is 33.4 Å². The molecule has 0 aliphatic heterocycles. The number of benzene rings is 4. The summed E-state index contributed by atoms with van der Waals surface area (Å²) >= 11 is 0. The summed E-state index contributed by atoms with van der Waals surface area (Å²) in [6.07, 6.45) is 0. The van der Waals surface area contributed by atoms with Crippen molar-refractivity contribution in [1.82, 2.24) is 20.2 Å². The van der Waals surface area contributed by atoms with Crippen LogP contribution in [0.1, 0.15) is 5.56 Å². The monoisotopic (exact) mass is 388 g/mol. The van der Waals surface area contributed by atoms with E-state index in [-0.39, 0.29) is 0 Å². The molecule has 0 aliphatic carbocycles. The highest BCUT2D eigenvalue weighted by atomic mass is 15.6. The molecule has 0 atom stereocenters. The summed E-state index contributed by atoms with van der Waals surface area (Å²) in [5.41, 5.74) is 6.58. The minimum absolute atomic E-state index is 0.585. The van der Waals surface area contributed by atoms with Crippen LogP contribution in [0.5, 0.6) is 0 Å². The van der Waals surface area contributed by atoms with E-state index in [1.807, 2.05) is 54.6 Å². The Morgan fingerprint density at radius 3 is 1.67 bits per heavy atom. The van der Waals surface area contributed by atoms with Gasteiger partial charge in [-0.1, -0.05) is 109 Å². The molecule has 0 fully saturated rings. The number of tetrazole rings is 1. The second-order valence-corrected chi connectivity index (χ2v) is 7.09. The van der Waals surface area contributed by atoms with E-state index in [1.165, 1.54) is 0 Å². The highest BCUT2D eigenvalue weighted by Gasteiger charge is 2.18. The lowest BCUT2D eigenvalue weighted by atomic mass is 9.91. The zero-order chi connectivity index (χ0) is 20.2. The van der Waals surface area contributed by atoms with Crippen molar-refractivity contribution in [2.24, 2.45) is 0 Å². The van der Waals surface area contributed by atoms with Crippen molar-refractivity contribution in [2.45, 2.75) is 6.54 Å². The summed E-state index contributed by atoms with van der Waals surface area (Å²) in [6.45, 7) is 0.585. The molecule has 0 N–H and O–H groups in total. The van der Waals surface area contributed by atoms with Gasteiger partial charge in [0, 0.05) is 5.56 Å². The standard InChI is InChI=1S/C26H20N4/c1-4-11-20(12-5-1)19-30-28-26(27-29-30)25-23(21-13-6-2-7-14-21)17-10-18-24(25)22-15-8-3-9-16-22/h1-18H,19H2.